The number of halogens is 1. The molecule has 0 radical (unpaired) electrons. The summed E-state index contributed by atoms with van der Waals surface area (Å²) in [5, 5.41) is 8.84. The van der Waals surface area contributed by atoms with Gasteiger partial charge >= 0.3 is 0 Å². The predicted molar refractivity (Wildman–Crippen MR) is 205 cm³/mol. The minimum Gasteiger partial charge on any atom is -0.380 e. The summed E-state index contributed by atoms with van der Waals surface area (Å²) in [7, 11) is 0. The van der Waals surface area contributed by atoms with E-state index in [-0.39, 0.29) is 16.7 Å². The van der Waals surface area contributed by atoms with E-state index < -0.39 is 0 Å². The average molecular weight is 745 g/mol. The van der Waals surface area contributed by atoms with Crippen molar-refractivity contribution in [1.29, 1.82) is 0 Å². The number of carbonyl (C=O) groups excluding carboxylic acids is 1. The molecule has 1 aromatic carbocycles. The zero-order valence-corrected chi connectivity index (χ0v) is 32.4. The molecule has 51 heavy (non-hydrogen) atoms. The number of quaternary nitrogens is 1. The summed E-state index contributed by atoms with van der Waals surface area (Å²) in [6, 6.07) is 7.40. The van der Waals surface area contributed by atoms with Gasteiger partial charge in [0.1, 0.15) is 34.6 Å². The van der Waals surface area contributed by atoms with Crippen molar-refractivity contribution in [3.63, 3.8) is 0 Å². The molecular formula is C35H55ClN11O3S+. The largest absolute Gasteiger partial charge is 0.380 e. The topological polar surface area (TPSA) is 188 Å². The first-order chi connectivity index (χ1) is 24.1. The fourth-order valence-corrected chi connectivity index (χ4v) is 6.39. The molecule has 14 nitrogen and oxygen atoms in total. The lowest BCUT2D eigenvalue weighted by molar-refractivity contribution is -0.314. The molecule has 1 saturated heterocycles. The van der Waals surface area contributed by atoms with Crippen molar-refractivity contribution < 1.29 is 20.0 Å². The van der Waals surface area contributed by atoms with E-state index in [4.69, 9.17) is 32.7 Å². The molecule has 0 spiro atoms. The Morgan fingerprint density at radius 3 is 2.55 bits per heavy atom. The van der Waals surface area contributed by atoms with Gasteiger partial charge in [0, 0.05) is 56.2 Å². The third-order valence-electron chi connectivity index (χ3n) is 8.28. The lowest BCUT2D eigenvalue weighted by atomic mass is 9.93. The second-order valence-corrected chi connectivity index (χ2v) is 16.0. The van der Waals surface area contributed by atoms with Crippen molar-refractivity contribution in [2.24, 2.45) is 22.4 Å². The number of nitrogens with two attached hydrogens (primary N) is 2. The highest BCUT2D eigenvalue weighted by atomic mass is 35.5. The van der Waals surface area contributed by atoms with Gasteiger partial charge in [-0.1, -0.05) is 62.8 Å². The number of aryl methyl sites for hydroxylation is 2. The number of carbonyl (C=O) groups is 1. The number of anilines is 4. The van der Waals surface area contributed by atoms with Crippen molar-refractivity contribution in [2.45, 2.75) is 41.5 Å². The van der Waals surface area contributed by atoms with Crippen LogP contribution in [-0.2, 0) is 9.47 Å². The number of hydrogen-bond acceptors (Lipinski definition) is 13. The first kappa shape index (κ1) is 40.4. The molecule has 4 rings (SSSR count). The van der Waals surface area contributed by atoms with Crippen LogP contribution >= 0.6 is 22.9 Å². The molecular weight excluding hydrogens is 690 g/mol. The molecule has 1 fully saturated rings. The predicted octanol–water partition coefficient (Wildman–Crippen LogP) is 3.62. The van der Waals surface area contributed by atoms with Gasteiger partial charge in [-0.3, -0.25) is 9.69 Å². The van der Waals surface area contributed by atoms with Gasteiger partial charge in [0.25, 0.3) is 5.91 Å². The van der Waals surface area contributed by atoms with E-state index in [2.05, 4.69) is 68.8 Å². The Kier molecular flexibility index (Phi) is 14.5. The lowest BCUT2D eigenvalue weighted by Crippen LogP contribution is -2.52. The van der Waals surface area contributed by atoms with E-state index >= 15 is 0 Å². The Bertz CT molecular complexity index is 1610. The molecule has 1 aliphatic rings. The van der Waals surface area contributed by atoms with Crippen molar-refractivity contribution in [1.82, 2.24) is 24.9 Å². The van der Waals surface area contributed by atoms with Gasteiger partial charge in [-0.25, -0.2) is 20.8 Å². The van der Waals surface area contributed by atoms with Crippen molar-refractivity contribution in [2.75, 3.05) is 87.8 Å². The van der Waals surface area contributed by atoms with Crippen LogP contribution in [-0.4, -0.2) is 103 Å². The third kappa shape index (κ3) is 12.9. The van der Waals surface area contributed by atoms with Crippen LogP contribution in [0.2, 0.25) is 5.02 Å². The van der Waals surface area contributed by atoms with E-state index in [0.717, 1.165) is 49.8 Å². The van der Waals surface area contributed by atoms with Crippen LogP contribution in [0.25, 0.3) is 0 Å². The van der Waals surface area contributed by atoms with Crippen LogP contribution in [0.4, 0.5) is 22.5 Å². The van der Waals surface area contributed by atoms with Gasteiger partial charge < -0.3 is 41.5 Å². The molecule has 1 amide bonds. The van der Waals surface area contributed by atoms with Gasteiger partial charge in [0.15, 0.2) is 5.13 Å². The highest BCUT2D eigenvalue weighted by molar-refractivity contribution is 7.17. The number of nitrogens with one attached hydrogen (secondary N) is 2. The lowest BCUT2D eigenvalue weighted by Gasteiger charge is -2.35. The first-order valence-electron chi connectivity index (χ1n) is 17.1. The molecule has 9 N–H and O–H groups in total. The molecule has 0 saturated carbocycles. The Hall–Kier alpha value is -3.41. The standard InChI is InChI=1S/C35H54ClN11O3S/c1-24-8-7-9-27(36)31(24)44-32(48)28-17-40-33(51-28)43-29-16-30(42-25(2)41-29)46-12-10-45(11-13-46)14-15-49-19-26(38)18-47(39)21-35(5,6)23-50-22-34(3,4)20-37/h7-9,16-18H,10-15,19-23,37-39H2,1-6H3,(H,44,48)(H,40,41,42,43)/p+1/b26-18-. The van der Waals surface area contributed by atoms with Crippen LogP contribution in [0.1, 0.15) is 48.8 Å². The number of nitrogens with zero attached hydrogens (tertiary/aromatic N) is 6. The second-order valence-electron chi connectivity index (χ2n) is 14.6. The zero-order chi connectivity index (χ0) is 37.2. The summed E-state index contributed by atoms with van der Waals surface area (Å²) in [4.78, 5) is 31.6. The molecule has 280 valence electrons. The molecule has 2 aromatic heterocycles. The Morgan fingerprint density at radius 1 is 1.12 bits per heavy atom. The average Bonchev–Trinajstić information content (AvgIpc) is 3.53. The molecule has 0 unspecified atom stereocenters. The third-order valence-corrected chi connectivity index (χ3v) is 9.51. The zero-order valence-electron chi connectivity index (χ0n) is 30.8. The number of aromatic nitrogens is 3. The highest BCUT2D eigenvalue weighted by Crippen LogP contribution is 2.29. The molecule has 0 bridgehead atoms. The molecule has 1 aliphatic heterocycles. The minimum absolute atomic E-state index is 0.0430. The number of amides is 1. The van der Waals surface area contributed by atoms with Gasteiger partial charge in [0.05, 0.1) is 42.9 Å². The summed E-state index contributed by atoms with van der Waals surface area (Å²) >= 11 is 7.52. The van der Waals surface area contributed by atoms with Crippen LogP contribution in [0, 0.1) is 24.7 Å². The molecule has 3 heterocycles. The van der Waals surface area contributed by atoms with E-state index in [9.17, 15) is 4.79 Å². The number of piperazine rings is 1. The van der Waals surface area contributed by atoms with Gasteiger partial charge in [-0.05, 0) is 32.0 Å². The van der Waals surface area contributed by atoms with E-state index in [1.54, 1.807) is 17.3 Å². The summed E-state index contributed by atoms with van der Waals surface area (Å²) in [6.45, 7) is 19.9. The monoisotopic (exact) mass is 744 g/mol. The fraction of sp³-hybridized carbons (Fsp3) is 0.543. The van der Waals surface area contributed by atoms with Crippen molar-refractivity contribution in [3.05, 3.63) is 63.6 Å². The van der Waals surface area contributed by atoms with Gasteiger partial charge in [-0.2, -0.15) is 0 Å². The SMILES string of the molecule is Cc1nc(Nc2ncc(C(=O)Nc3c(C)cccc3Cl)s2)cc(N2CCN(CCOC/C([NH3+])=C/N(N)CC(C)(C)COCC(C)(C)CN)CC2)n1. The molecule has 0 aliphatic carbocycles. The Morgan fingerprint density at radius 2 is 1.84 bits per heavy atom. The summed E-state index contributed by atoms with van der Waals surface area (Å²) in [5.41, 5.74) is 12.0. The van der Waals surface area contributed by atoms with Gasteiger partial charge in [0.2, 0.25) is 0 Å². The number of thiazole rings is 1. The number of hydrogen-bond donors (Lipinski definition) is 5. The number of benzene rings is 1. The van der Waals surface area contributed by atoms with Crippen LogP contribution in [0.5, 0.6) is 0 Å². The first-order valence-corrected chi connectivity index (χ1v) is 18.3. The molecule has 0 atom stereocenters. The van der Waals surface area contributed by atoms with Crippen LogP contribution < -0.4 is 32.8 Å². The highest BCUT2D eigenvalue weighted by Gasteiger charge is 2.24. The van der Waals surface area contributed by atoms with Crippen molar-refractivity contribution in [3.8, 4) is 0 Å². The van der Waals surface area contributed by atoms with E-state index in [1.807, 2.05) is 38.2 Å². The van der Waals surface area contributed by atoms with Crippen LogP contribution in [0.15, 0.2) is 42.4 Å². The van der Waals surface area contributed by atoms with Crippen LogP contribution in [0.3, 0.4) is 0 Å². The van der Waals surface area contributed by atoms with Gasteiger partial charge in [-0.15, -0.1) is 0 Å². The Labute approximate surface area is 310 Å². The maximum atomic E-state index is 12.9. The Balaban J connectivity index is 1.18. The smallest absolute Gasteiger partial charge is 0.267 e. The summed E-state index contributed by atoms with van der Waals surface area (Å²) in [6.07, 6.45) is 3.38. The summed E-state index contributed by atoms with van der Waals surface area (Å²) in [5.74, 6) is 8.10. The molecule has 16 heteroatoms. The summed E-state index contributed by atoms with van der Waals surface area (Å²) < 4.78 is 11.9. The molecule has 3 aromatic rings. The van der Waals surface area contributed by atoms with E-state index in [0.29, 0.717) is 71.9 Å². The maximum Gasteiger partial charge on any atom is 0.267 e. The maximum absolute atomic E-state index is 12.9. The normalized spacial score (nSPS) is 14.5. The fourth-order valence-electron chi connectivity index (χ4n) is 5.41. The minimum atomic E-state index is -0.273. The number of rotatable bonds is 18. The second kappa shape index (κ2) is 18.4. The number of hydrazine groups is 1. The van der Waals surface area contributed by atoms with E-state index in [1.165, 1.54) is 11.3 Å². The quantitative estimate of drug-likeness (QED) is 0.0725. The number of ether oxygens (including phenoxy) is 2. The number of para-hydroxylation sites is 1. The van der Waals surface area contributed by atoms with Crippen molar-refractivity contribution >= 4 is 51.3 Å².